The van der Waals surface area contributed by atoms with Crippen LogP contribution in [0.15, 0.2) is 90.0 Å². The first kappa shape index (κ1) is 23.2. The topological polar surface area (TPSA) is 78.6 Å². The summed E-state index contributed by atoms with van der Waals surface area (Å²) >= 11 is 10.7. The van der Waals surface area contributed by atoms with Gasteiger partial charge in [-0.25, -0.2) is 13.6 Å². The van der Waals surface area contributed by atoms with Gasteiger partial charge in [-0.1, -0.05) is 54.2 Å². The van der Waals surface area contributed by atoms with Crippen molar-refractivity contribution in [1.82, 2.24) is 0 Å². The minimum atomic E-state index is -3.74. The lowest BCUT2D eigenvalue weighted by Gasteiger charge is -2.24. The van der Waals surface area contributed by atoms with Crippen molar-refractivity contribution >= 4 is 50.0 Å². The third kappa shape index (κ3) is 5.69. The van der Waals surface area contributed by atoms with Crippen LogP contribution in [0.2, 0.25) is 5.02 Å². The van der Waals surface area contributed by atoms with Crippen LogP contribution in [-0.2, 0) is 21.2 Å². The zero-order chi connectivity index (χ0) is 23.4. The maximum atomic E-state index is 11.5. The molecule has 0 fully saturated rings. The fraction of sp³-hybridized carbons (Fsp3) is 0.0800. The number of halogens is 1. The largest absolute Gasteiger partial charge is 0.496 e. The molecule has 168 valence electrons. The standard InChI is InChI=1S/C21H16ClNO3S.C4H4OS/c22-17-9-5-14(6-10-17)19-13-16-3-1-2-4-20(16)26-21(19)15-7-11-18(12-8-15)27(23,24)25;6-4-1-2-5-3-4/h1-12H,13H2,(H2,23,24,25);1-2H,3H2. The van der Waals surface area contributed by atoms with Crippen molar-refractivity contribution in [3.8, 4) is 5.75 Å². The molecule has 3 aromatic carbocycles. The number of hydrogen-bond acceptors (Lipinski definition) is 5. The summed E-state index contributed by atoms with van der Waals surface area (Å²) < 4.78 is 34.0. The van der Waals surface area contributed by atoms with Crippen molar-refractivity contribution in [1.29, 1.82) is 0 Å². The number of rotatable bonds is 3. The third-order valence-corrected chi connectivity index (χ3v) is 6.47. The Morgan fingerprint density at radius 1 is 0.909 bits per heavy atom. The molecule has 2 heterocycles. The van der Waals surface area contributed by atoms with E-state index in [1.165, 1.54) is 12.1 Å². The van der Waals surface area contributed by atoms with Crippen molar-refractivity contribution in [2.75, 3.05) is 6.61 Å². The molecule has 0 unspecified atom stereocenters. The molecule has 2 aliphatic heterocycles. The molecule has 8 heteroatoms. The highest BCUT2D eigenvalue weighted by molar-refractivity contribution is 7.89. The number of primary sulfonamides is 1. The molecule has 2 N–H and O–H groups in total. The molecule has 0 aromatic heterocycles. The van der Waals surface area contributed by atoms with Crippen LogP contribution in [0.1, 0.15) is 16.7 Å². The number of para-hydroxylation sites is 1. The van der Waals surface area contributed by atoms with E-state index < -0.39 is 10.0 Å². The van der Waals surface area contributed by atoms with Crippen LogP contribution in [0.5, 0.6) is 5.75 Å². The van der Waals surface area contributed by atoms with Gasteiger partial charge in [0, 0.05) is 22.6 Å². The van der Waals surface area contributed by atoms with Crippen LogP contribution >= 0.6 is 23.8 Å². The van der Waals surface area contributed by atoms with Crippen LogP contribution in [0.25, 0.3) is 11.3 Å². The van der Waals surface area contributed by atoms with Gasteiger partial charge in [0.1, 0.15) is 18.1 Å². The average molecular weight is 498 g/mol. The Morgan fingerprint density at radius 2 is 1.58 bits per heavy atom. The average Bonchev–Trinajstić information content (AvgIpc) is 3.29. The highest BCUT2D eigenvalue weighted by Crippen LogP contribution is 2.39. The van der Waals surface area contributed by atoms with Gasteiger partial charge in [-0.3, -0.25) is 0 Å². The van der Waals surface area contributed by atoms with Crippen LogP contribution in [-0.4, -0.2) is 19.9 Å². The summed E-state index contributed by atoms with van der Waals surface area (Å²) in [5.74, 6) is 1.48. The number of ether oxygens (including phenoxy) is 2. The fourth-order valence-electron chi connectivity index (χ4n) is 3.41. The highest BCUT2D eigenvalue weighted by Gasteiger charge is 2.22. The first-order valence-electron chi connectivity index (χ1n) is 10.0. The Hall–Kier alpha value is -2.97. The van der Waals surface area contributed by atoms with Gasteiger partial charge in [0.2, 0.25) is 10.0 Å². The molecule has 0 saturated heterocycles. The summed E-state index contributed by atoms with van der Waals surface area (Å²) in [6.45, 7) is 0.606. The minimum absolute atomic E-state index is 0.0658. The van der Waals surface area contributed by atoms with Gasteiger partial charge in [-0.15, -0.1) is 0 Å². The molecule has 0 aliphatic carbocycles. The third-order valence-electron chi connectivity index (χ3n) is 5.04. The molecule has 0 atom stereocenters. The van der Waals surface area contributed by atoms with E-state index in [0.29, 0.717) is 23.8 Å². The van der Waals surface area contributed by atoms with E-state index in [-0.39, 0.29) is 4.90 Å². The number of fused-ring (bicyclic) bond motifs is 1. The molecule has 0 bridgehead atoms. The second kappa shape index (κ2) is 9.89. The number of hydrogen-bond donors (Lipinski definition) is 1. The number of benzene rings is 3. The zero-order valence-electron chi connectivity index (χ0n) is 17.4. The van der Waals surface area contributed by atoms with E-state index in [0.717, 1.165) is 32.9 Å². The quantitative estimate of drug-likeness (QED) is 0.491. The number of sulfonamides is 1. The molecule has 5 nitrogen and oxygen atoms in total. The molecule has 0 radical (unpaired) electrons. The SMILES string of the molecule is NS(=O)(=O)c1ccc(C2=C(c3ccc(Cl)cc3)Cc3ccccc3O2)cc1.S=C1C=COC1. The summed E-state index contributed by atoms with van der Waals surface area (Å²) in [4.78, 5) is 0.950. The van der Waals surface area contributed by atoms with E-state index in [1.807, 2.05) is 48.5 Å². The predicted octanol–water partition coefficient (Wildman–Crippen LogP) is 5.39. The Bertz CT molecular complexity index is 1350. The number of allylic oxidation sites excluding steroid dienone is 1. The summed E-state index contributed by atoms with van der Waals surface area (Å²) in [5, 5.41) is 5.86. The molecular weight excluding hydrogens is 478 g/mol. The van der Waals surface area contributed by atoms with Crippen LogP contribution in [0.3, 0.4) is 0 Å². The Kier molecular flexibility index (Phi) is 6.95. The molecule has 33 heavy (non-hydrogen) atoms. The van der Waals surface area contributed by atoms with E-state index in [9.17, 15) is 8.42 Å². The Labute approximate surface area is 203 Å². The van der Waals surface area contributed by atoms with Crippen LogP contribution in [0.4, 0.5) is 0 Å². The highest BCUT2D eigenvalue weighted by atomic mass is 35.5. The number of thiocarbonyl (C=S) groups is 1. The lowest BCUT2D eigenvalue weighted by Crippen LogP contribution is -2.12. The second-order valence-electron chi connectivity index (χ2n) is 7.35. The van der Waals surface area contributed by atoms with Gasteiger partial charge in [0.15, 0.2) is 0 Å². The van der Waals surface area contributed by atoms with E-state index >= 15 is 0 Å². The Balaban J connectivity index is 0.000000376. The van der Waals surface area contributed by atoms with E-state index in [1.54, 1.807) is 24.5 Å². The minimum Gasteiger partial charge on any atom is -0.496 e. The summed E-state index contributed by atoms with van der Waals surface area (Å²) in [6, 6.07) is 21.8. The normalized spacial score (nSPS) is 14.7. The van der Waals surface area contributed by atoms with E-state index in [4.69, 9.17) is 38.4 Å². The van der Waals surface area contributed by atoms with Crippen LogP contribution in [0, 0.1) is 0 Å². The van der Waals surface area contributed by atoms with Crippen molar-refractivity contribution < 1.29 is 17.9 Å². The van der Waals surface area contributed by atoms with Gasteiger partial charge in [-0.2, -0.15) is 0 Å². The fourth-order valence-corrected chi connectivity index (χ4v) is 4.17. The molecule has 2 aliphatic rings. The maximum absolute atomic E-state index is 11.5. The van der Waals surface area contributed by atoms with Crippen molar-refractivity contribution in [3.63, 3.8) is 0 Å². The molecule has 0 saturated carbocycles. The lowest BCUT2D eigenvalue weighted by molar-refractivity contribution is 0.317. The van der Waals surface area contributed by atoms with Gasteiger partial charge >= 0.3 is 0 Å². The molecule has 0 amide bonds. The smallest absolute Gasteiger partial charge is 0.238 e. The summed E-state index contributed by atoms with van der Waals surface area (Å²) in [7, 11) is -3.74. The first-order valence-corrected chi connectivity index (χ1v) is 12.3. The number of nitrogens with two attached hydrogens (primary N) is 1. The molecular formula is C25H20ClNO4S2. The van der Waals surface area contributed by atoms with Crippen molar-refractivity contribution in [2.45, 2.75) is 11.3 Å². The van der Waals surface area contributed by atoms with Gasteiger partial charge in [-0.05, 0) is 59.7 Å². The maximum Gasteiger partial charge on any atom is 0.238 e. The van der Waals surface area contributed by atoms with Gasteiger partial charge in [0.25, 0.3) is 0 Å². The zero-order valence-corrected chi connectivity index (χ0v) is 19.8. The summed E-state index contributed by atoms with van der Waals surface area (Å²) in [6.07, 6.45) is 4.10. The molecule has 3 aromatic rings. The van der Waals surface area contributed by atoms with Crippen molar-refractivity contribution in [2.24, 2.45) is 5.14 Å². The molecule has 0 spiro atoms. The monoisotopic (exact) mass is 497 g/mol. The first-order chi connectivity index (χ1) is 15.8. The summed E-state index contributed by atoms with van der Waals surface area (Å²) in [5.41, 5.74) is 3.88. The van der Waals surface area contributed by atoms with E-state index in [2.05, 4.69) is 0 Å². The second-order valence-corrected chi connectivity index (χ2v) is 9.87. The van der Waals surface area contributed by atoms with Crippen LogP contribution < -0.4 is 9.88 Å². The lowest BCUT2D eigenvalue weighted by atomic mass is 9.92. The Morgan fingerprint density at radius 3 is 2.15 bits per heavy atom. The van der Waals surface area contributed by atoms with Gasteiger partial charge in [0.05, 0.1) is 16.0 Å². The van der Waals surface area contributed by atoms with Crippen molar-refractivity contribution in [3.05, 3.63) is 107 Å². The molecule has 5 rings (SSSR count). The van der Waals surface area contributed by atoms with Gasteiger partial charge < -0.3 is 9.47 Å². The predicted molar refractivity (Wildman–Crippen MR) is 135 cm³/mol.